The lowest BCUT2D eigenvalue weighted by Crippen LogP contribution is -2.48. The lowest BCUT2D eigenvalue weighted by atomic mass is 9.48. The number of rotatable bonds is 4. The van der Waals surface area contributed by atoms with Gasteiger partial charge in [-0.25, -0.2) is 0 Å². The van der Waals surface area contributed by atoms with Crippen LogP contribution in [0.25, 0.3) is 0 Å². The molecule has 5 rings (SSSR count). The van der Waals surface area contributed by atoms with E-state index in [1.54, 1.807) is 0 Å². The summed E-state index contributed by atoms with van der Waals surface area (Å²) >= 11 is 0. The molecule has 1 unspecified atom stereocenters. The van der Waals surface area contributed by atoms with E-state index in [1.807, 2.05) is 0 Å². The minimum absolute atomic E-state index is 0.0130. The van der Waals surface area contributed by atoms with E-state index >= 15 is 0 Å². The molecular weight excluding hydrogens is 256 g/mol. The second-order valence-electron chi connectivity index (χ2n) is 9.38. The Hall–Kier alpha value is -0.0400. The number of aliphatic hydroxyl groups is 1. The lowest BCUT2D eigenvalue weighted by molar-refractivity contribution is -0.0862. The summed E-state index contributed by atoms with van der Waals surface area (Å²) in [4.78, 5) is 0. The van der Waals surface area contributed by atoms with Crippen molar-refractivity contribution in [2.75, 3.05) is 0 Å². The Kier molecular flexibility index (Phi) is 3.84. The van der Waals surface area contributed by atoms with Crippen LogP contribution in [0.3, 0.4) is 0 Å². The molecule has 5 aliphatic carbocycles. The highest BCUT2D eigenvalue weighted by atomic mass is 16.3. The largest absolute Gasteiger partial charge is 0.393 e. The first-order valence-corrected chi connectivity index (χ1v) is 9.84. The minimum atomic E-state index is 0.0130. The molecule has 0 saturated heterocycles. The van der Waals surface area contributed by atoms with Crippen molar-refractivity contribution < 1.29 is 5.11 Å². The molecule has 0 amide bonds. The van der Waals surface area contributed by atoms with Crippen molar-refractivity contribution in [3.8, 4) is 0 Å². The fourth-order valence-corrected chi connectivity index (χ4v) is 7.13. The molecule has 1 N–H and O–H groups in total. The zero-order valence-electron chi connectivity index (χ0n) is 13.9. The van der Waals surface area contributed by atoms with E-state index in [1.165, 1.54) is 70.6 Å². The van der Waals surface area contributed by atoms with Gasteiger partial charge in [-0.15, -0.1) is 0 Å². The average Bonchev–Trinajstić information content (AvgIpc) is 2.45. The van der Waals surface area contributed by atoms with Gasteiger partial charge in [-0.1, -0.05) is 26.2 Å². The summed E-state index contributed by atoms with van der Waals surface area (Å²) in [6.07, 6.45) is 16.8. The predicted octanol–water partition coefficient (Wildman–Crippen LogP) is 5.17. The van der Waals surface area contributed by atoms with Gasteiger partial charge in [-0.05, 0) is 92.8 Å². The number of hydrogen-bond donors (Lipinski definition) is 1. The summed E-state index contributed by atoms with van der Waals surface area (Å²) in [5, 5.41) is 10.9. The topological polar surface area (TPSA) is 20.2 Å². The molecule has 1 atom stereocenters. The molecule has 4 bridgehead atoms. The fourth-order valence-electron chi connectivity index (χ4n) is 7.13. The summed E-state index contributed by atoms with van der Waals surface area (Å²) in [6, 6.07) is 0. The van der Waals surface area contributed by atoms with Gasteiger partial charge < -0.3 is 5.11 Å². The molecule has 1 heteroatoms. The summed E-state index contributed by atoms with van der Waals surface area (Å²) in [5.74, 6) is 4.66. The Morgan fingerprint density at radius 3 is 1.90 bits per heavy atom. The van der Waals surface area contributed by atoms with E-state index in [0.717, 1.165) is 30.1 Å². The normalized spacial score (nSPS) is 50.3. The standard InChI is InChI=1S/C20H34O/c1-2-14-3-5-18(6-4-14)19(21)13-20-10-15-7-16(11-20)9-17(8-15)12-20/h14-19,21H,2-13H2,1H3. The first kappa shape index (κ1) is 14.5. The third kappa shape index (κ3) is 2.80. The van der Waals surface area contributed by atoms with Gasteiger partial charge in [0.1, 0.15) is 0 Å². The van der Waals surface area contributed by atoms with E-state index < -0.39 is 0 Å². The first-order chi connectivity index (χ1) is 10.2. The molecule has 5 saturated carbocycles. The van der Waals surface area contributed by atoms with E-state index in [2.05, 4.69) is 6.92 Å². The predicted molar refractivity (Wildman–Crippen MR) is 87.0 cm³/mol. The van der Waals surface area contributed by atoms with Crippen LogP contribution >= 0.6 is 0 Å². The highest BCUT2D eigenvalue weighted by molar-refractivity contribution is 5.02. The summed E-state index contributed by atoms with van der Waals surface area (Å²) in [5.41, 5.74) is 0.565. The van der Waals surface area contributed by atoms with Crippen molar-refractivity contribution >= 4 is 0 Å². The minimum Gasteiger partial charge on any atom is -0.393 e. The molecule has 0 aromatic heterocycles. The highest BCUT2D eigenvalue weighted by Crippen LogP contribution is 2.62. The highest BCUT2D eigenvalue weighted by Gasteiger charge is 2.51. The molecule has 0 aromatic carbocycles. The van der Waals surface area contributed by atoms with Crippen LogP contribution in [0.4, 0.5) is 0 Å². The molecule has 21 heavy (non-hydrogen) atoms. The third-order valence-corrected chi connectivity index (χ3v) is 7.82. The van der Waals surface area contributed by atoms with Gasteiger partial charge in [0, 0.05) is 0 Å². The number of aliphatic hydroxyl groups excluding tert-OH is 1. The Balaban J connectivity index is 1.37. The van der Waals surface area contributed by atoms with Crippen LogP contribution in [0, 0.1) is 35.0 Å². The lowest BCUT2D eigenvalue weighted by Gasteiger charge is -2.57. The van der Waals surface area contributed by atoms with Crippen LogP contribution in [-0.4, -0.2) is 11.2 Å². The van der Waals surface area contributed by atoms with Crippen molar-refractivity contribution in [2.24, 2.45) is 35.0 Å². The summed E-state index contributed by atoms with van der Waals surface area (Å²) < 4.78 is 0. The smallest absolute Gasteiger partial charge is 0.0573 e. The van der Waals surface area contributed by atoms with Crippen LogP contribution in [-0.2, 0) is 0 Å². The van der Waals surface area contributed by atoms with Gasteiger partial charge >= 0.3 is 0 Å². The summed E-state index contributed by atoms with van der Waals surface area (Å²) in [7, 11) is 0. The van der Waals surface area contributed by atoms with Gasteiger partial charge in [0.15, 0.2) is 0 Å². The maximum atomic E-state index is 10.9. The third-order valence-electron chi connectivity index (χ3n) is 7.82. The van der Waals surface area contributed by atoms with Crippen LogP contribution < -0.4 is 0 Å². The summed E-state index contributed by atoms with van der Waals surface area (Å²) in [6.45, 7) is 2.33. The SMILES string of the molecule is CCC1CCC(C(O)CC23CC4CC(CC(C4)C2)C3)CC1. The first-order valence-electron chi connectivity index (χ1n) is 9.84. The molecule has 5 fully saturated rings. The molecule has 0 spiro atoms. The van der Waals surface area contributed by atoms with E-state index in [4.69, 9.17) is 0 Å². The van der Waals surface area contributed by atoms with Gasteiger partial charge in [-0.3, -0.25) is 0 Å². The van der Waals surface area contributed by atoms with Crippen LogP contribution in [0.5, 0.6) is 0 Å². The quantitative estimate of drug-likeness (QED) is 0.757. The zero-order chi connectivity index (χ0) is 14.4. The number of hydrogen-bond acceptors (Lipinski definition) is 1. The molecule has 0 aliphatic heterocycles. The van der Waals surface area contributed by atoms with Crippen LogP contribution in [0.2, 0.25) is 0 Å². The zero-order valence-corrected chi connectivity index (χ0v) is 13.9. The second kappa shape index (κ2) is 5.55. The van der Waals surface area contributed by atoms with Crippen molar-refractivity contribution in [2.45, 2.75) is 90.1 Å². The van der Waals surface area contributed by atoms with Crippen molar-refractivity contribution in [1.29, 1.82) is 0 Å². The molecule has 120 valence electrons. The molecule has 0 radical (unpaired) electrons. The monoisotopic (exact) mass is 290 g/mol. The molecule has 1 nitrogen and oxygen atoms in total. The average molecular weight is 290 g/mol. The van der Waals surface area contributed by atoms with Gasteiger partial charge in [0.05, 0.1) is 6.10 Å². The molecule has 0 heterocycles. The van der Waals surface area contributed by atoms with Crippen LogP contribution in [0.15, 0.2) is 0 Å². The Labute approximate surface area is 130 Å². The molecule has 5 aliphatic rings. The maximum Gasteiger partial charge on any atom is 0.0573 e. The fraction of sp³-hybridized carbons (Fsp3) is 1.00. The van der Waals surface area contributed by atoms with E-state index in [9.17, 15) is 5.11 Å². The van der Waals surface area contributed by atoms with Gasteiger partial charge in [0.25, 0.3) is 0 Å². The van der Waals surface area contributed by atoms with E-state index in [0.29, 0.717) is 11.3 Å². The van der Waals surface area contributed by atoms with Gasteiger partial charge in [0.2, 0.25) is 0 Å². The van der Waals surface area contributed by atoms with Crippen molar-refractivity contribution in [3.63, 3.8) is 0 Å². The second-order valence-corrected chi connectivity index (χ2v) is 9.38. The Bertz CT molecular complexity index is 331. The Morgan fingerprint density at radius 2 is 1.43 bits per heavy atom. The van der Waals surface area contributed by atoms with Gasteiger partial charge in [-0.2, -0.15) is 0 Å². The Morgan fingerprint density at radius 1 is 0.905 bits per heavy atom. The maximum absolute atomic E-state index is 10.9. The van der Waals surface area contributed by atoms with Crippen molar-refractivity contribution in [3.05, 3.63) is 0 Å². The van der Waals surface area contributed by atoms with Crippen LogP contribution in [0.1, 0.15) is 84.0 Å². The molecule has 0 aromatic rings. The molecular formula is C20H34O. The van der Waals surface area contributed by atoms with E-state index in [-0.39, 0.29) is 6.10 Å². The van der Waals surface area contributed by atoms with Crippen molar-refractivity contribution in [1.82, 2.24) is 0 Å².